The number of halogens is 1. The van der Waals surface area contributed by atoms with E-state index in [-0.39, 0.29) is 11.2 Å². The van der Waals surface area contributed by atoms with Crippen LogP contribution in [0.25, 0.3) is 11.4 Å². The van der Waals surface area contributed by atoms with Gasteiger partial charge in [0, 0.05) is 10.7 Å². The van der Waals surface area contributed by atoms with Gasteiger partial charge in [0.15, 0.2) is 5.82 Å². The number of ether oxygens (including phenoxy) is 1. The molecule has 2 N–H and O–H groups in total. The predicted octanol–water partition coefficient (Wildman–Crippen LogP) is 5.68. The maximum atomic E-state index is 12.8. The lowest BCUT2D eigenvalue weighted by molar-refractivity contribution is -0.115. The van der Waals surface area contributed by atoms with E-state index in [4.69, 9.17) is 16.3 Å². The number of carbonyl (C=O) groups is 1. The summed E-state index contributed by atoms with van der Waals surface area (Å²) in [4.78, 5) is 17.3. The highest BCUT2D eigenvalue weighted by Crippen LogP contribution is 2.32. The van der Waals surface area contributed by atoms with E-state index in [0.717, 1.165) is 16.8 Å². The molecule has 0 aliphatic heterocycles. The number of methoxy groups -OCH3 is 1. The molecule has 1 amide bonds. The third kappa shape index (κ3) is 4.96. The highest BCUT2D eigenvalue weighted by atomic mass is 35.5. The number of nitrogens with one attached hydrogen (secondary N) is 2. The molecular weight excluding hydrogens is 420 g/mol. The van der Waals surface area contributed by atoms with Crippen LogP contribution in [0, 0.1) is 6.92 Å². The van der Waals surface area contributed by atoms with Crippen molar-refractivity contribution in [2.75, 3.05) is 12.4 Å². The van der Waals surface area contributed by atoms with E-state index in [1.165, 1.54) is 11.8 Å². The number of H-pyrrole nitrogens is 1. The number of rotatable bonds is 7. The lowest BCUT2D eigenvalue weighted by Gasteiger charge is -2.18. The van der Waals surface area contributed by atoms with Crippen LogP contribution in [-0.2, 0) is 4.79 Å². The second-order valence-corrected chi connectivity index (χ2v) is 9.00. The number of amides is 1. The Labute approximate surface area is 185 Å². The Bertz CT molecular complexity index is 1050. The molecule has 0 aliphatic carbocycles. The second kappa shape index (κ2) is 9.53. The predicted molar refractivity (Wildman–Crippen MR) is 123 cm³/mol. The molecule has 1 unspecified atom stereocenters. The number of anilines is 1. The van der Waals surface area contributed by atoms with Crippen LogP contribution < -0.4 is 10.1 Å². The van der Waals surface area contributed by atoms with Crippen LogP contribution >= 0.6 is 23.4 Å². The van der Waals surface area contributed by atoms with E-state index in [1.807, 2.05) is 32.0 Å². The summed E-state index contributed by atoms with van der Waals surface area (Å²) in [6.07, 6.45) is 0. The third-order valence-electron chi connectivity index (χ3n) is 4.71. The van der Waals surface area contributed by atoms with Gasteiger partial charge in [-0.25, -0.2) is 4.98 Å². The molecule has 158 valence electrons. The van der Waals surface area contributed by atoms with Crippen molar-refractivity contribution in [3.8, 4) is 17.1 Å². The van der Waals surface area contributed by atoms with Crippen LogP contribution in [0.15, 0.2) is 41.6 Å². The summed E-state index contributed by atoms with van der Waals surface area (Å²) in [6.45, 7) is 8.06. The van der Waals surface area contributed by atoms with E-state index in [0.29, 0.717) is 33.2 Å². The standard InChI is InChI=1S/C22H25ClN4O2S/c1-12(2)16-8-6-7-13(3)19(16)24-21(28)14(4)30-22-25-20(26-27-22)17-11-15(23)9-10-18(17)29-5/h6-12,14H,1-5H3,(H,24,28)(H,25,26,27). The zero-order valence-electron chi connectivity index (χ0n) is 17.6. The highest BCUT2D eigenvalue weighted by molar-refractivity contribution is 8.00. The van der Waals surface area contributed by atoms with Crippen molar-refractivity contribution in [3.63, 3.8) is 0 Å². The van der Waals surface area contributed by atoms with Gasteiger partial charge in [-0.2, -0.15) is 0 Å². The number of nitrogens with zero attached hydrogens (tertiary/aromatic N) is 2. The molecule has 0 radical (unpaired) electrons. The molecule has 0 saturated carbocycles. The van der Waals surface area contributed by atoms with Crippen molar-refractivity contribution in [2.45, 2.75) is 44.0 Å². The summed E-state index contributed by atoms with van der Waals surface area (Å²) < 4.78 is 5.37. The summed E-state index contributed by atoms with van der Waals surface area (Å²) in [6, 6.07) is 11.3. The number of hydrogen-bond acceptors (Lipinski definition) is 5. The first-order valence-corrected chi connectivity index (χ1v) is 10.9. The highest BCUT2D eigenvalue weighted by Gasteiger charge is 2.20. The van der Waals surface area contributed by atoms with Gasteiger partial charge in [0.25, 0.3) is 0 Å². The van der Waals surface area contributed by atoms with Crippen LogP contribution in [0.3, 0.4) is 0 Å². The van der Waals surface area contributed by atoms with Gasteiger partial charge in [0.05, 0.1) is 17.9 Å². The first-order chi connectivity index (χ1) is 14.3. The molecular formula is C22H25ClN4O2S. The average molecular weight is 445 g/mol. The van der Waals surface area contributed by atoms with Crippen LogP contribution in [0.5, 0.6) is 5.75 Å². The van der Waals surface area contributed by atoms with E-state index >= 15 is 0 Å². The maximum absolute atomic E-state index is 12.8. The Kier molecular flexibility index (Phi) is 7.05. The van der Waals surface area contributed by atoms with Gasteiger partial charge >= 0.3 is 0 Å². The Hall–Kier alpha value is -2.51. The zero-order chi connectivity index (χ0) is 21.8. The molecule has 3 aromatic rings. The summed E-state index contributed by atoms with van der Waals surface area (Å²) >= 11 is 7.39. The van der Waals surface area contributed by atoms with Gasteiger partial charge in [-0.3, -0.25) is 9.89 Å². The summed E-state index contributed by atoms with van der Waals surface area (Å²) in [5.41, 5.74) is 3.75. The minimum atomic E-state index is -0.380. The van der Waals surface area contributed by atoms with Crippen LogP contribution in [-0.4, -0.2) is 33.4 Å². The van der Waals surface area contributed by atoms with Crippen molar-refractivity contribution >= 4 is 35.0 Å². The van der Waals surface area contributed by atoms with E-state index in [2.05, 4.69) is 34.3 Å². The number of carbonyl (C=O) groups excluding carboxylic acids is 1. The number of thioether (sulfide) groups is 1. The molecule has 0 spiro atoms. The molecule has 3 rings (SSSR count). The Morgan fingerprint density at radius 3 is 2.70 bits per heavy atom. The molecule has 2 aromatic carbocycles. The van der Waals surface area contributed by atoms with Gasteiger partial charge < -0.3 is 10.1 Å². The minimum Gasteiger partial charge on any atom is -0.496 e. The molecule has 0 fully saturated rings. The van der Waals surface area contributed by atoms with Crippen LogP contribution in [0.1, 0.15) is 37.8 Å². The fraction of sp³-hybridized carbons (Fsp3) is 0.318. The van der Waals surface area contributed by atoms with Crippen LogP contribution in [0.4, 0.5) is 5.69 Å². The molecule has 0 aliphatic rings. The molecule has 6 nitrogen and oxygen atoms in total. The Balaban J connectivity index is 1.74. The van der Waals surface area contributed by atoms with Gasteiger partial charge in [0.2, 0.25) is 11.1 Å². The summed E-state index contributed by atoms with van der Waals surface area (Å²) in [5, 5.41) is 10.9. The SMILES string of the molecule is COc1ccc(Cl)cc1-c1nc(SC(C)C(=O)Nc2c(C)cccc2C(C)C)n[nH]1. The van der Waals surface area contributed by atoms with Gasteiger partial charge in [-0.15, -0.1) is 5.10 Å². The quantitative estimate of drug-likeness (QED) is 0.458. The van der Waals surface area contributed by atoms with Crippen LogP contribution in [0.2, 0.25) is 5.02 Å². The van der Waals surface area contributed by atoms with E-state index in [1.54, 1.807) is 25.3 Å². The van der Waals surface area contributed by atoms with Gasteiger partial charge in [-0.05, 0) is 49.1 Å². The monoisotopic (exact) mass is 444 g/mol. The van der Waals surface area contributed by atoms with E-state index < -0.39 is 0 Å². The smallest absolute Gasteiger partial charge is 0.237 e. The number of benzene rings is 2. The Morgan fingerprint density at radius 2 is 2.00 bits per heavy atom. The number of aromatic amines is 1. The minimum absolute atomic E-state index is 0.0945. The van der Waals surface area contributed by atoms with Crippen molar-refractivity contribution < 1.29 is 9.53 Å². The normalized spacial score (nSPS) is 12.1. The number of aryl methyl sites for hydroxylation is 1. The average Bonchev–Trinajstić information content (AvgIpc) is 3.17. The van der Waals surface area contributed by atoms with Gasteiger partial charge in [0.1, 0.15) is 5.75 Å². The lowest BCUT2D eigenvalue weighted by Crippen LogP contribution is -2.24. The topological polar surface area (TPSA) is 79.9 Å². The lowest BCUT2D eigenvalue weighted by atomic mass is 9.98. The van der Waals surface area contributed by atoms with Crippen molar-refractivity contribution in [1.82, 2.24) is 15.2 Å². The first kappa shape index (κ1) is 22.2. The number of aromatic nitrogens is 3. The van der Waals surface area contributed by atoms with E-state index in [9.17, 15) is 4.79 Å². The van der Waals surface area contributed by atoms with Crippen molar-refractivity contribution in [1.29, 1.82) is 0 Å². The van der Waals surface area contributed by atoms with Crippen molar-refractivity contribution in [2.24, 2.45) is 0 Å². The molecule has 1 heterocycles. The number of hydrogen-bond donors (Lipinski definition) is 2. The number of para-hydroxylation sites is 1. The summed E-state index contributed by atoms with van der Waals surface area (Å²) in [7, 11) is 1.59. The third-order valence-corrected chi connectivity index (χ3v) is 5.90. The van der Waals surface area contributed by atoms with Gasteiger partial charge in [-0.1, -0.05) is 55.4 Å². The largest absolute Gasteiger partial charge is 0.496 e. The second-order valence-electron chi connectivity index (χ2n) is 7.25. The molecule has 0 bridgehead atoms. The molecule has 0 saturated heterocycles. The maximum Gasteiger partial charge on any atom is 0.237 e. The van der Waals surface area contributed by atoms with Crippen molar-refractivity contribution in [3.05, 3.63) is 52.5 Å². The first-order valence-electron chi connectivity index (χ1n) is 9.63. The molecule has 1 aromatic heterocycles. The summed E-state index contributed by atoms with van der Waals surface area (Å²) in [5.74, 6) is 1.39. The fourth-order valence-corrected chi connectivity index (χ4v) is 3.96. The molecule has 8 heteroatoms. The Morgan fingerprint density at radius 1 is 1.23 bits per heavy atom. The zero-order valence-corrected chi connectivity index (χ0v) is 19.2. The molecule has 1 atom stereocenters. The fourth-order valence-electron chi connectivity index (χ4n) is 3.06. The molecule has 30 heavy (non-hydrogen) atoms.